The number of nitrogens with zero attached hydrogens (tertiary/aromatic N) is 5. The molecule has 0 unspecified atom stereocenters. The molecule has 3 aromatic heterocycles. The Kier molecular flexibility index (Phi) is 7.35. The van der Waals surface area contributed by atoms with E-state index >= 15 is 0 Å². The molecule has 0 aliphatic rings. The summed E-state index contributed by atoms with van der Waals surface area (Å²) in [6.45, 7) is 0.449. The van der Waals surface area contributed by atoms with Crippen LogP contribution in [0.5, 0.6) is 5.75 Å². The van der Waals surface area contributed by atoms with Gasteiger partial charge in [0.1, 0.15) is 23.9 Å². The number of hydrogen-bond donors (Lipinski definition) is 0. The highest BCUT2D eigenvalue weighted by Crippen LogP contribution is 2.28. The lowest BCUT2D eigenvalue weighted by Gasteiger charge is -2.08. The van der Waals surface area contributed by atoms with Gasteiger partial charge in [0.25, 0.3) is 5.56 Å². The number of fused-ring (bicyclic) bond motifs is 1. The van der Waals surface area contributed by atoms with E-state index in [9.17, 15) is 9.18 Å². The standard InChI is InChI=1S/C35H24FN5O2S/c36-28-17-14-24(15-18-28)16-19-32-37-35-41(38-32)34(42)31(44-35)21-27-22-40(29-11-5-2-6-12-29)39-33(27)26-10-7-13-30(20-26)43-23-25-8-3-1-4-9-25/h1-22H,23H2/b19-16+,31-21-. The van der Waals surface area contributed by atoms with Crippen LogP contribution < -0.4 is 14.8 Å². The summed E-state index contributed by atoms with van der Waals surface area (Å²) >= 11 is 1.26. The summed E-state index contributed by atoms with van der Waals surface area (Å²) in [7, 11) is 0. The minimum absolute atomic E-state index is 0.266. The lowest BCUT2D eigenvalue weighted by atomic mass is 10.1. The molecule has 4 aromatic carbocycles. The van der Waals surface area contributed by atoms with Crippen molar-refractivity contribution in [2.75, 3.05) is 0 Å². The van der Waals surface area contributed by atoms with Gasteiger partial charge in [0, 0.05) is 17.3 Å². The molecule has 0 aliphatic carbocycles. The van der Waals surface area contributed by atoms with Gasteiger partial charge in [0.2, 0.25) is 4.96 Å². The van der Waals surface area contributed by atoms with E-state index in [1.807, 2.05) is 97.2 Å². The van der Waals surface area contributed by atoms with E-state index in [4.69, 9.17) is 9.84 Å². The van der Waals surface area contributed by atoms with E-state index in [0.717, 1.165) is 33.7 Å². The van der Waals surface area contributed by atoms with E-state index in [-0.39, 0.29) is 11.4 Å². The molecule has 0 radical (unpaired) electrons. The molecule has 0 saturated heterocycles. The van der Waals surface area contributed by atoms with Gasteiger partial charge in [-0.1, -0.05) is 90.2 Å². The number of ether oxygens (including phenoxy) is 1. The number of aromatic nitrogens is 5. The van der Waals surface area contributed by atoms with Crippen LogP contribution >= 0.6 is 11.3 Å². The van der Waals surface area contributed by atoms with E-state index in [1.165, 1.54) is 28.0 Å². The molecule has 7 nitrogen and oxygen atoms in total. The Bertz CT molecular complexity index is 2210. The highest BCUT2D eigenvalue weighted by molar-refractivity contribution is 7.15. The minimum Gasteiger partial charge on any atom is -0.489 e. The highest BCUT2D eigenvalue weighted by Gasteiger charge is 2.15. The molecular weight excluding hydrogens is 573 g/mol. The van der Waals surface area contributed by atoms with Crippen molar-refractivity contribution in [3.63, 3.8) is 0 Å². The first-order valence-electron chi connectivity index (χ1n) is 13.9. The van der Waals surface area contributed by atoms with Gasteiger partial charge >= 0.3 is 0 Å². The summed E-state index contributed by atoms with van der Waals surface area (Å²) < 4.78 is 22.9. The SMILES string of the molecule is O=c1/c(=C/c2cn(-c3ccccc3)nc2-c2cccc(OCc3ccccc3)c2)sc2nc(/C=C/c3ccc(F)cc3)nn12. The molecule has 214 valence electrons. The molecule has 44 heavy (non-hydrogen) atoms. The van der Waals surface area contributed by atoms with Crippen LogP contribution in [0.2, 0.25) is 0 Å². The van der Waals surface area contributed by atoms with Crippen molar-refractivity contribution in [2.45, 2.75) is 6.61 Å². The Balaban J connectivity index is 1.24. The van der Waals surface area contributed by atoms with Gasteiger partial charge in [-0.15, -0.1) is 5.10 Å². The number of benzene rings is 4. The van der Waals surface area contributed by atoms with Gasteiger partial charge in [-0.05, 0) is 59.7 Å². The Hall–Kier alpha value is -5.67. The number of rotatable bonds is 8. The highest BCUT2D eigenvalue weighted by atomic mass is 32.1. The molecule has 0 spiro atoms. The van der Waals surface area contributed by atoms with Crippen LogP contribution in [0.25, 0.3) is 40.1 Å². The molecule has 7 rings (SSSR count). The van der Waals surface area contributed by atoms with Crippen LogP contribution in [0.3, 0.4) is 0 Å². The van der Waals surface area contributed by atoms with Gasteiger partial charge in [-0.3, -0.25) is 4.79 Å². The Morgan fingerprint density at radius 3 is 2.39 bits per heavy atom. The topological polar surface area (TPSA) is 74.3 Å². The van der Waals surface area contributed by atoms with Gasteiger partial charge in [0.05, 0.1) is 10.2 Å². The molecule has 7 aromatic rings. The Morgan fingerprint density at radius 2 is 1.61 bits per heavy atom. The summed E-state index contributed by atoms with van der Waals surface area (Å²) in [6, 6.07) is 33.7. The fraction of sp³-hybridized carbons (Fsp3) is 0.0286. The third-order valence-electron chi connectivity index (χ3n) is 6.90. The third kappa shape index (κ3) is 5.81. The summed E-state index contributed by atoms with van der Waals surface area (Å²) in [5, 5.41) is 9.29. The normalized spacial score (nSPS) is 12.0. The van der Waals surface area contributed by atoms with Crippen molar-refractivity contribution in [1.29, 1.82) is 0 Å². The predicted octanol–water partition coefficient (Wildman–Crippen LogP) is 6.44. The molecule has 0 atom stereocenters. The number of halogens is 1. The Morgan fingerprint density at radius 1 is 0.841 bits per heavy atom. The van der Waals surface area contributed by atoms with Crippen molar-refractivity contribution in [2.24, 2.45) is 0 Å². The molecule has 0 N–H and O–H groups in total. The van der Waals surface area contributed by atoms with Gasteiger partial charge < -0.3 is 4.74 Å². The molecule has 0 bridgehead atoms. The minimum atomic E-state index is -0.302. The lowest BCUT2D eigenvalue weighted by Crippen LogP contribution is -2.23. The zero-order valence-electron chi connectivity index (χ0n) is 23.2. The number of thiazole rings is 1. The fourth-order valence-electron chi connectivity index (χ4n) is 4.71. The van der Waals surface area contributed by atoms with Crippen LogP contribution in [0.1, 0.15) is 22.5 Å². The van der Waals surface area contributed by atoms with Crippen molar-refractivity contribution < 1.29 is 9.13 Å². The van der Waals surface area contributed by atoms with E-state index in [2.05, 4.69) is 10.1 Å². The molecule has 3 heterocycles. The summed E-state index contributed by atoms with van der Waals surface area (Å²) in [4.78, 5) is 18.4. The van der Waals surface area contributed by atoms with Crippen LogP contribution in [-0.2, 0) is 6.61 Å². The van der Waals surface area contributed by atoms with Gasteiger partial charge in [-0.25, -0.2) is 9.07 Å². The fourth-order valence-corrected chi connectivity index (χ4v) is 5.62. The molecule has 0 fully saturated rings. The van der Waals surface area contributed by atoms with Crippen molar-refractivity contribution in [1.82, 2.24) is 24.4 Å². The molecule has 0 aliphatic heterocycles. The summed E-state index contributed by atoms with van der Waals surface area (Å²) in [5.74, 6) is 0.814. The quantitative estimate of drug-likeness (QED) is 0.202. The first-order chi connectivity index (χ1) is 21.6. The van der Waals surface area contributed by atoms with E-state index < -0.39 is 0 Å². The predicted molar refractivity (Wildman–Crippen MR) is 171 cm³/mol. The maximum atomic E-state index is 13.4. The van der Waals surface area contributed by atoms with Crippen LogP contribution in [-0.4, -0.2) is 24.4 Å². The smallest absolute Gasteiger partial charge is 0.291 e. The van der Waals surface area contributed by atoms with E-state index in [1.54, 1.807) is 29.0 Å². The van der Waals surface area contributed by atoms with Crippen molar-refractivity contribution in [3.8, 4) is 22.7 Å². The largest absolute Gasteiger partial charge is 0.489 e. The lowest BCUT2D eigenvalue weighted by molar-refractivity contribution is 0.306. The summed E-state index contributed by atoms with van der Waals surface area (Å²) in [6.07, 6.45) is 7.22. The maximum Gasteiger partial charge on any atom is 0.291 e. The first-order valence-corrected chi connectivity index (χ1v) is 14.7. The number of hydrogen-bond acceptors (Lipinski definition) is 6. The molecule has 9 heteroatoms. The third-order valence-corrected chi connectivity index (χ3v) is 7.86. The molecular formula is C35H24FN5O2S. The van der Waals surface area contributed by atoms with E-state index in [0.29, 0.717) is 27.6 Å². The maximum absolute atomic E-state index is 13.4. The monoisotopic (exact) mass is 597 g/mol. The second-order valence-electron chi connectivity index (χ2n) is 9.98. The Labute approximate surface area is 255 Å². The molecule has 0 amide bonds. The average molecular weight is 598 g/mol. The first kappa shape index (κ1) is 27.2. The van der Waals surface area contributed by atoms with Gasteiger partial charge in [0.15, 0.2) is 5.82 Å². The number of para-hydroxylation sites is 1. The second kappa shape index (κ2) is 11.9. The zero-order valence-corrected chi connectivity index (χ0v) is 24.1. The van der Waals surface area contributed by atoms with Gasteiger partial charge in [-0.2, -0.15) is 14.6 Å². The van der Waals surface area contributed by atoms with Crippen molar-refractivity contribution >= 4 is 34.5 Å². The van der Waals surface area contributed by atoms with Crippen LogP contribution in [0.4, 0.5) is 4.39 Å². The van der Waals surface area contributed by atoms with Crippen LogP contribution in [0, 0.1) is 5.82 Å². The molecule has 0 saturated carbocycles. The summed E-state index contributed by atoms with van der Waals surface area (Å²) in [5.41, 5.74) is 4.85. The average Bonchev–Trinajstić information content (AvgIpc) is 3.75. The van der Waals surface area contributed by atoms with Crippen molar-refractivity contribution in [3.05, 3.63) is 159 Å². The second-order valence-corrected chi connectivity index (χ2v) is 11.0. The van der Waals surface area contributed by atoms with Crippen LogP contribution in [0.15, 0.2) is 120 Å². The zero-order chi connectivity index (χ0) is 29.9.